The second-order valence-electron chi connectivity index (χ2n) is 3.20. The predicted molar refractivity (Wildman–Crippen MR) is 63.6 cm³/mol. The first-order chi connectivity index (χ1) is 6.00. The number of rotatable bonds is 5. The van der Waals surface area contributed by atoms with Gasteiger partial charge in [0.25, 0.3) is 0 Å². The lowest BCUT2D eigenvalue weighted by Crippen LogP contribution is -2.39. The van der Waals surface area contributed by atoms with E-state index in [0.717, 1.165) is 12.2 Å². The van der Waals surface area contributed by atoms with Gasteiger partial charge < -0.3 is 4.90 Å². The Balaban J connectivity index is 3.94. The molecule has 0 bridgehead atoms. The summed E-state index contributed by atoms with van der Waals surface area (Å²) in [5.74, 6) is 1.27. The smallest absolute Gasteiger partial charge is 0.236 e. The topological polar surface area (TPSA) is 20.3 Å². The van der Waals surface area contributed by atoms with Crippen molar-refractivity contribution in [3.63, 3.8) is 0 Å². The minimum absolute atomic E-state index is 0.0748. The monoisotopic (exact) mass is 267 g/mol. The molecule has 0 radical (unpaired) electrons. The molecule has 0 aromatic carbocycles. The zero-order chi connectivity index (χ0) is 10.4. The van der Waals surface area contributed by atoms with Crippen LogP contribution in [0.4, 0.5) is 0 Å². The molecular formula is C9H18BrNOS. The SMILES string of the molecule is CSCCC(C)N(C)C(=O)C(C)Br. The van der Waals surface area contributed by atoms with Crippen molar-refractivity contribution in [2.75, 3.05) is 19.1 Å². The molecule has 0 aromatic heterocycles. The quantitative estimate of drug-likeness (QED) is 0.713. The van der Waals surface area contributed by atoms with Crippen molar-refractivity contribution >= 4 is 33.6 Å². The first kappa shape index (κ1) is 13.3. The van der Waals surface area contributed by atoms with Crippen LogP contribution in [0, 0.1) is 0 Å². The number of nitrogens with zero attached hydrogens (tertiary/aromatic N) is 1. The molecule has 78 valence electrons. The highest BCUT2D eigenvalue weighted by molar-refractivity contribution is 9.10. The molecule has 0 aliphatic carbocycles. The third kappa shape index (κ3) is 4.91. The molecule has 0 saturated carbocycles. The van der Waals surface area contributed by atoms with Gasteiger partial charge in [-0.3, -0.25) is 4.79 Å². The number of hydrogen-bond donors (Lipinski definition) is 0. The van der Waals surface area contributed by atoms with Crippen LogP contribution in [0.5, 0.6) is 0 Å². The molecule has 0 aromatic rings. The van der Waals surface area contributed by atoms with Gasteiger partial charge in [0.05, 0.1) is 4.83 Å². The van der Waals surface area contributed by atoms with E-state index in [1.807, 2.05) is 30.6 Å². The number of alkyl halides is 1. The molecule has 0 aliphatic rings. The van der Waals surface area contributed by atoms with Gasteiger partial charge >= 0.3 is 0 Å². The Morgan fingerprint density at radius 2 is 2.08 bits per heavy atom. The standard InChI is InChI=1S/C9H18BrNOS/c1-7(5-6-13-4)11(3)9(12)8(2)10/h7-8H,5-6H2,1-4H3. The summed E-state index contributed by atoms with van der Waals surface area (Å²) in [5, 5.41) is 0. The number of amides is 1. The number of hydrogen-bond acceptors (Lipinski definition) is 2. The van der Waals surface area contributed by atoms with E-state index in [9.17, 15) is 4.79 Å². The van der Waals surface area contributed by atoms with Gasteiger partial charge in [0, 0.05) is 13.1 Å². The molecule has 0 fully saturated rings. The summed E-state index contributed by atoms with van der Waals surface area (Å²) in [6.45, 7) is 3.95. The second-order valence-corrected chi connectivity index (χ2v) is 5.55. The Morgan fingerprint density at radius 1 is 1.54 bits per heavy atom. The molecule has 4 heteroatoms. The van der Waals surface area contributed by atoms with Crippen molar-refractivity contribution in [2.24, 2.45) is 0 Å². The van der Waals surface area contributed by atoms with Crippen molar-refractivity contribution in [1.29, 1.82) is 0 Å². The molecule has 0 saturated heterocycles. The maximum absolute atomic E-state index is 11.5. The number of thioether (sulfide) groups is 1. The van der Waals surface area contributed by atoms with E-state index < -0.39 is 0 Å². The first-order valence-electron chi connectivity index (χ1n) is 4.40. The van der Waals surface area contributed by atoms with Gasteiger partial charge in [0.15, 0.2) is 0 Å². The van der Waals surface area contributed by atoms with Gasteiger partial charge in [0.1, 0.15) is 0 Å². The van der Waals surface area contributed by atoms with E-state index in [1.165, 1.54) is 0 Å². The Morgan fingerprint density at radius 3 is 2.46 bits per heavy atom. The van der Waals surface area contributed by atoms with E-state index in [4.69, 9.17) is 0 Å². The Hall–Kier alpha value is 0.300. The highest BCUT2D eigenvalue weighted by Gasteiger charge is 2.18. The average molecular weight is 268 g/mol. The summed E-state index contributed by atoms with van der Waals surface area (Å²) in [7, 11) is 1.87. The largest absolute Gasteiger partial charge is 0.342 e. The molecule has 1 amide bonds. The van der Waals surface area contributed by atoms with Crippen molar-refractivity contribution in [3.8, 4) is 0 Å². The lowest BCUT2D eigenvalue weighted by molar-refractivity contribution is -0.130. The van der Waals surface area contributed by atoms with E-state index >= 15 is 0 Å². The summed E-state index contributed by atoms with van der Waals surface area (Å²) in [6.07, 6.45) is 3.14. The summed E-state index contributed by atoms with van der Waals surface area (Å²) in [4.78, 5) is 13.3. The summed E-state index contributed by atoms with van der Waals surface area (Å²) < 4.78 is 0. The van der Waals surface area contributed by atoms with Crippen LogP contribution in [0.3, 0.4) is 0 Å². The molecule has 0 spiro atoms. The highest BCUT2D eigenvalue weighted by Crippen LogP contribution is 2.10. The van der Waals surface area contributed by atoms with Crippen molar-refractivity contribution in [2.45, 2.75) is 31.1 Å². The van der Waals surface area contributed by atoms with Gasteiger partial charge in [-0.15, -0.1) is 0 Å². The Labute approximate surface area is 93.6 Å². The lowest BCUT2D eigenvalue weighted by atomic mass is 10.2. The molecular weight excluding hydrogens is 250 g/mol. The molecule has 2 unspecified atom stereocenters. The van der Waals surface area contributed by atoms with Crippen LogP contribution in [0.1, 0.15) is 20.3 Å². The van der Waals surface area contributed by atoms with Gasteiger partial charge in [0.2, 0.25) is 5.91 Å². The molecule has 0 heterocycles. The summed E-state index contributed by atoms with van der Waals surface area (Å²) in [5.41, 5.74) is 0. The first-order valence-corrected chi connectivity index (χ1v) is 6.71. The van der Waals surface area contributed by atoms with E-state index in [0.29, 0.717) is 6.04 Å². The van der Waals surface area contributed by atoms with E-state index in [-0.39, 0.29) is 10.7 Å². The maximum atomic E-state index is 11.5. The van der Waals surface area contributed by atoms with Gasteiger partial charge in [-0.25, -0.2) is 0 Å². The fraction of sp³-hybridized carbons (Fsp3) is 0.889. The van der Waals surface area contributed by atoms with Gasteiger partial charge in [-0.05, 0) is 32.3 Å². The summed E-state index contributed by atoms with van der Waals surface area (Å²) >= 11 is 5.10. The fourth-order valence-corrected chi connectivity index (χ4v) is 1.88. The van der Waals surface area contributed by atoms with E-state index in [2.05, 4.69) is 29.1 Å². The zero-order valence-electron chi connectivity index (χ0n) is 8.71. The van der Waals surface area contributed by atoms with Gasteiger partial charge in [-0.2, -0.15) is 11.8 Å². The third-order valence-corrected chi connectivity index (χ3v) is 3.12. The minimum atomic E-state index is -0.0748. The van der Waals surface area contributed by atoms with Crippen molar-refractivity contribution in [1.82, 2.24) is 4.90 Å². The Bertz CT molecular complexity index is 164. The molecule has 2 atom stereocenters. The maximum Gasteiger partial charge on any atom is 0.236 e. The second kappa shape index (κ2) is 6.71. The van der Waals surface area contributed by atoms with Crippen LogP contribution in [0.15, 0.2) is 0 Å². The van der Waals surface area contributed by atoms with Crippen LogP contribution < -0.4 is 0 Å². The van der Waals surface area contributed by atoms with Crippen molar-refractivity contribution in [3.05, 3.63) is 0 Å². The third-order valence-electron chi connectivity index (χ3n) is 2.09. The molecule has 13 heavy (non-hydrogen) atoms. The normalized spacial score (nSPS) is 15.2. The van der Waals surface area contributed by atoms with Crippen molar-refractivity contribution < 1.29 is 4.79 Å². The summed E-state index contributed by atoms with van der Waals surface area (Å²) in [6, 6.07) is 0.333. The van der Waals surface area contributed by atoms with Gasteiger partial charge in [-0.1, -0.05) is 15.9 Å². The van der Waals surface area contributed by atoms with Crippen LogP contribution in [0.25, 0.3) is 0 Å². The lowest BCUT2D eigenvalue weighted by Gasteiger charge is -2.25. The molecule has 0 N–H and O–H groups in total. The highest BCUT2D eigenvalue weighted by atomic mass is 79.9. The molecule has 2 nitrogen and oxygen atoms in total. The molecule has 0 aliphatic heterocycles. The van der Waals surface area contributed by atoms with Crippen LogP contribution >= 0.6 is 27.7 Å². The average Bonchev–Trinajstić information content (AvgIpc) is 2.11. The predicted octanol–water partition coefficient (Wildman–Crippen LogP) is 2.37. The molecule has 0 rings (SSSR count). The Kier molecular flexibility index (Phi) is 6.86. The minimum Gasteiger partial charge on any atom is -0.342 e. The van der Waals surface area contributed by atoms with E-state index in [1.54, 1.807) is 0 Å². The van der Waals surface area contributed by atoms with Crippen LogP contribution in [-0.2, 0) is 4.79 Å². The van der Waals surface area contributed by atoms with Crippen LogP contribution in [0.2, 0.25) is 0 Å². The zero-order valence-corrected chi connectivity index (χ0v) is 11.1. The number of carbonyl (C=O) groups excluding carboxylic acids is 1. The fourth-order valence-electron chi connectivity index (χ4n) is 0.980. The number of carbonyl (C=O) groups is 1. The number of halogens is 1. The van der Waals surface area contributed by atoms with Crippen LogP contribution in [-0.4, -0.2) is 40.7 Å².